The zero-order valence-corrected chi connectivity index (χ0v) is 21.8. The van der Waals surface area contributed by atoms with Gasteiger partial charge in [-0.2, -0.15) is 0 Å². The summed E-state index contributed by atoms with van der Waals surface area (Å²) >= 11 is 12.5. The van der Waals surface area contributed by atoms with Crippen LogP contribution in [0.5, 0.6) is 5.75 Å². The average Bonchev–Trinajstić information content (AvgIpc) is 3.30. The number of fused-ring (bicyclic) bond motifs is 1. The second-order valence-corrected chi connectivity index (χ2v) is 9.68. The molecule has 0 saturated carbocycles. The summed E-state index contributed by atoms with van der Waals surface area (Å²) in [6.07, 6.45) is 0.392. The molecule has 0 bridgehead atoms. The van der Waals surface area contributed by atoms with Gasteiger partial charge in [0, 0.05) is 34.1 Å². The Hall–Kier alpha value is -4.34. The Kier molecular flexibility index (Phi) is 7.53. The van der Waals surface area contributed by atoms with Gasteiger partial charge in [0.15, 0.2) is 0 Å². The molecule has 2 amide bonds. The minimum atomic E-state index is -0.618. The molecule has 8 nitrogen and oxygen atoms in total. The molecule has 2 aromatic heterocycles. The molecule has 2 heterocycles. The lowest BCUT2D eigenvalue weighted by Gasteiger charge is -2.18. The monoisotopic (exact) mass is 565 g/mol. The molecule has 198 valence electrons. The number of urea groups is 1. The molecule has 0 fully saturated rings. The molecular weight excluding hydrogens is 544 g/mol. The number of hydrogen-bond donors (Lipinski definition) is 5. The Bertz CT molecular complexity index is 1720. The number of nitrogens with zero attached hydrogens (tertiary/aromatic N) is 1. The van der Waals surface area contributed by atoms with Crippen LogP contribution in [0.25, 0.3) is 22.2 Å². The zero-order valence-electron chi connectivity index (χ0n) is 20.3. The van der Waals surface area contributed by atoms with E-state index in [4.69, 9.17) is 23.2 Å². The van der Waals surface area contributed by atoms with Crippen molar-refractivity contribution in [2.75, 3.05) is 0 Å². The summed E-state index contributed by atoms with van der Waals surface area (Å²) in [6, 6.07) is 18.6. The predicted molar refractivity (Wildman–Crippen MR) is 148 cm³/mol. The molecule has 5 aromatic rings. The largest absolute Gasteiger partial charge is 0.507 e. The number of pyridine rings is 1. The van der Waals surface area contributed by atoms with Crippen LogP contribution >= 0.6 is 23.2 Å². The lowest BCUT2D eigenvalue weighted by Crippen LogP contribution is -2.39. The van der Waals surface area contributed by atoms with Gasteiger partial charge in [-0.25, -0.2) is 14.2 Å². The topological polar surface area (TPSA) is 123 Å². The third kappa shape index (κ3) is 6.05. The first kappa shape index (κ1) is 26.3. The van der Waals surface area contributed by atoms with Gasteiger partial charge in [0.25, 0.3) is 5.56 Å². The van der Waals surface area contributed by atoms with Crippen molar-refractivity contribution < 1.29 is 14.3 Å². The number of hydrogen-bond acceptors (Lipinski definition) is 4. The highest BCUT2D eigenvalue weighted by Crippen LogP contribution is 2.32. The Morgan fingerprint density at radius 3 is 2.62 bits per heavy atom. The van der Waals surface area contributed by atoms with Gasteiger partial charge in [0.2, 0.25) is 0 Å². The average molecular weight is 566 g/mol. The lowest BCUT2D eigenvalue weighted by molar-refractivity contribution is 0.236. The van der Waals surface area contributed by atoms with Crippen LogP contribution in [0.3, 0.4) is 0 Å². The highest BCUT2D eigenvalue weighted by atomic mass is 35.5. The van der Waals surface area contributed by atoms with E-state index in [1.54, 1.807) is 18.2 Å². The van der Waals surface area contributed by atoms with Crippen LogP contribution in [0, 0.1) is 5.82 Å². The minimum absolute atomic E-state index is 0.0663. The van der Waals surface area contributed by atoms with E-state index in [0.717, 1.165) is 11.6 Å². The fourth-order valence-electron chi connectivity index (χ4n) is 4.24. The molecule has 5 N–H and O–H groups in total. The van der Waals surface area contributed by atoms with E-state index in [9.17, 15) is 19.1 Å². The molecular formula is C28H22Cl2FN5O3. The summed E-state index contributed by atoms with van der Waals surface area (Å²) in [6.45, 7) is -0.0663. The molecule has 39 heavy (non-hydrogen) atoms. The zero-order chi connectivity index (χ0) is 27.5. The SMILES string of the molecule is O=C(NCc1cc(Cl)ccc1F)NC(Cc1ccccc1)c1nc(-c2ccc3[nH]c(=O)cc(O)c3c2)c(Cl)[nH]1. The second-order valence-electron chi connectivity index (χ2n) is 8.87. The van der Waals surface area contributed by atoms with Crippen LogP contribution in [0.1, 0.15) is 23.0 Å². The van der Waals surface area contributed by atoms with Crippen LogP contribution in [0.2, 0.25) is 10.2 Å². The normalized spacial score (nSPS) is 11.9. The van der Waals surface area contributed by atoms with Gasteiger partial charge in [-0.1, -0.05) is 59.6 Å². The Morgan fingerprint density at radius 2 is 1.82 bits per heavy atom. The van der Waals surface area contributed by atoms with E-state index >= 15 is 0 Å². The van der Waals surface area contributed by atoms with Crippen molar-refractivity contribution in [1.29, 1.82) is 0 Å². The fraction of sp³-hybridized carbons (Fsp3) is 0.107. The smallest absolute Gasteiger partial charge is 0.315 e. The van der Waals surface area contributed by atoms with Crippen molar-refractivity contribution in [2.45, 2.75) is 19.0 Å². The van der Waals surface area contributed by atoms with E-state index in [2.05, 4.69) is 25.6 Å². The number of aromatic nitrogens is 3. The minimum Gasteiger partial charge on any atom is -0.507 e. The molecule has 11 heteroatoms. The molecule has 1 unspecified atom stereocenters. The summed E-state index contributed by atoms with van der Waals surface area (Å²) in [5.41, 5.74) is 2.24. The van der Waals surface area contributed by atoms with Crippen LogP contribution in [0.4, 0.5) is 9.18 Å². The standard InChI is InChI=1S/C28H22Cl2FN5O3/c29-18-7-8-20(31)17(11-18)14-32-28(39)34-22(10-15-4-2-1-3-5-15)27-35-25(26(30)36-27)16-6-9-21-19(12-16)23(37)13-24(38)33-21/h1-9,11-13,22H,10,14H2,(H,35,36)(H2,32,34,39)(H2,33,37,38). The first-order chi connectivity index (χ1) is 18.8. The predicted octanol–water partition coefficient (Wildman–Crippen LogP) is 5.85. The summed E-state index contributed by atoms with van der Waals surface area (Å²) < 4.78 is 14.1. The summed E-state index contributed by atoms with van der Waals surface area (Å²) in [5.74, 6) is -0.249. The summed E-state index contributed by atoms with van der Waals surface area (Å²) in [4.78, 5) is 34.9. The summed E-state index contributed by atoms with van der Waals surface area (Å²) in [5, 5.41) is 16.8. The number of aromatic amines is 2. The van der Waals surface area contributed by atoms with Crippen molar-refractivity contribution in [3.05, 3.63) is 116 Å². The molecule has 0 aliphatic rings. The van der Waals surface area contributed by atoms with Gasteiger partial charge in [0.05, 0.1) is 11.6 Å². The Labute approximate surface area is 231 Å². The van der Waals surface area contributed by atoms with Gasteiger partial charge >= 0.3 is 6.03 Å². The molecule has 0 radical (unpaired) electrons. The molecule has 0 aliphatic carbocycles. The molecule has 1 atom stereocenters. The van der Waals surface area contributed by atoms with E-state index < -0.39 is 23.4 Å². The van der Waals surface area contributed by atoms with Crippen molar-refractivity contribution >= 4 is 40.1 Å². The van der Waals surface area contributed by atoms with E-state index in [0.29, 0.717) is 39.4 Å². The van der Waals surface area contributed by atoms with Crippen LogP contribution < -0.4 is 16.2 Å². The number of rotatable bonds is 7. The first-order valence-corrected chi connectivity index (χ1v) is 12.7. The molecule has 3 aromatic carbocycles. The Morgan fingerprint density at radius 1 is 1.03 bits per heavy atom. The third-order valence-electron chi connectivity index (χ3n) is 6.14. The van der Waals surface area contributed by atoms with Crippen molar-refractivity contribution in [2.24, 2.45) is 0 Å². The number of halogens is 3. The maximum atomic E-state index is 14.1. The van der Waals surface area contributed by atoms with Crippen molar-refractivity contribution in [1.82, 2.24) is 25.6 Å². The van der Waals surface area contributed by atoms with Gasteiger partial charge < -0.3 is 25.7 Å². The Balaban J connectivity index is 1.42. The second kappa shape index (κ2) is 11.2. The molecule has 0 aliphatic heterocycles. The van der Waals surface area contributed by atoms with Crippen molar-refractivity contribution in [3.8, 4) is 17.0 Å². The van der Waals surface area contributed by atoms with Gasteiger partial charge in [-0.05, 0) is 42.3 Å². The maximum Gasteiger partial charge on any atom is 0.315 e. The fourth-order valence-corrected chi connectivity index (χ4v) is 4.68. The van der Waals surface area contributed by atoms with Gasteiger partial charge in [0.1, 0.15) is 28.2 Å². The quantitative estimate of drug-likeness (QED) is 0.170. The van der Waals surface area contributed by atoms with Crippen molar-refractivity contribution in [3.63, 3.8) is 0 Å². The number of amides is 2. The maximum absolute atomic E-state index is 14.1. The van der Waals surface area contributed by atoms with E-state index in [-0.39, 0.29) is 23.0 Å². The number of benzene rings is 3. The number of carbonyl (C=O) groups excluding carboxylic acids is 1. The number of imidazole rings is 1. The van der Waals surface area contributed by atoms with Crippen LogP contribution in [-0.4, -0.2) is 26.1 Å². The highest BCUT2D eigenvalue weighted by molar-refractivity contribution is 6.32. The molecule has 0 saturated heterocycles. The lowest BCUT2D eigenvalue weighted by atomic mass is 10.1. The molecule has 5 rings (SSSR count). The number of carbonyl (C=O) groups is 1. The van der Waals surface area contributed by atoms with E-state index in [1.165, 1.54) is 18.2 Å². The third-order valence-corrected chi connectivity index (χ3v) is 6.65. The molecule has 0 spiro atoms. The highest BCUT2D eigenvalue weighted by Gasteiger charge is 2.22. The van der Waals surface area contributed by atoms with Crippen LogP contribution in [0.15, 0.2) is 77.6 Å². The van der Waals surface area contributed by atoms with Gasteiger partial charge in [-0.3, -0.25) is 4.79 Å². The van der Waals surface area contributed by atoms with Crippen LogP contribution in [-0.2, 0) is 13.0 Å². The first-order valence-electron chi connectivity index (χ1n) is 11.9. The number of H-pyrrole nitrogens is 2. The summed E-state index contributed by atoms with van der Waals surface area (Å²) in [7, 11) is 0. The van der Waals surface area contributed by atoms with E-state index in [1.807, 2.05) is 30.3 Å². The number of nitrogens with one attached hydrogen (secondary N) is 4. The number of aromatic hydroxyl groups is 1. The van der Waals surface area contributed by atoms with Gasteiger partial charge in [-0.15, -0.1) is 0 Å².